The zero-order valence-corrected chi connectivity index (χ0v) is 15.8. The maximum absolute atomic E-state index is 12.4. The lowest BCUT2D eigenvalue weighted by molar-refractivity contribution is -0.115. The second-order valence-corrected chi connectivity index (χ2v) is 7.41. The van der Waals surface area contributed by atoms with E-state index in [1.165, 1.54) is 11.8 Å². The number of imidazole rings is 1. The van der Waals surface area contributed by atoms with Crippen LogP contribution in [0.25, 0.3) is 11.0 Å². The van der Waals surface area contributed by atoms with Gasteiger partial charge in [0, 0.05) is 6.07 Å². The minimum absolute atomic E-state index is 0.210. The maximum Gasteiger partial charge on any atom is 0.237 e. The fraction of sp³-hybridized carbons (Fsp3) is 0.176. The molecule has 0 bridgehead atoms. The molecule has 0 fully saturated rings. The first-order valence-electron chi connectivity index (χ1n) is 7.43. The Bertz CT molecular complexity index is 909. The standard InChI is InChI=1S/C17H15Cl2N3O2S/c1-9(16(23)22-15-11(18)4-3-5-12(15)19)25-17-20-13-7-6-10(24-2)8-14(13)21-17/h3-9H,1-2H3,(H,20,21)(H,22,23). The van der Waals surface area contributed by atoms with E-state index in [1.807, 2.05) is 18.2 Å². The Morgan fingerprint density at radius 1 is 1.28 bits per heavy atom. The van der Waals surface area contributed by atoms with Crippen LogP contribution in [0.5, 0.6) is 5.75 Å². The van der Waals surface area contributed by atoms with E-state index in [4.69, 9.17) is 27.9 Å². The lowest BCUT2D eigenvalue weighted by atomic mass is 10.3. The maximum atomic E-state index is 12.4. The van der Waals surface area contributed by atoms with Crippen LogP contribution in [-0.4, -0.2) is 28.2 Å². The van der Waals surface area contributed by atoms with Crippen molar-refractivity contribution in [3.63, 3.8) is 0 Å². The number of rotatable bonds is 5. The van der Waals surface area contributed by atoms with Crippen molar-refractivity contribution in [3.05, 3.63) is 46.4 Å². The zero-order valence-electron chi connectivity index (χ0n) is 13.5. The molecule has 1 atom stereocenters. The Kier molecular flexibility index (Phi) is 5.42. The van der Waals surface area contributed by atoms with Gasteiger partial charge in [-0.1, -0.05) is 41.0 Å². The molecular formula is C17H15Cl2N3O2S. The summed E-state index contributed by atoms with van der Waals surface area (Å²) in [4.78, 5) is 20.1. The minimum Gasteiger partial charge on any atom is -0.497 e. The molecule has 0 radical (unpaired) electrons. The predicted molar refractivity (Wildman–Crippen MR) is 103 cm³/mol. The van der Waals surface area contributed by atoms with Gasteiger partial charge in [-0.25, -0.2) is 4.98 Å². The van der Waals surface area contributed by atoms with Crippen LogP contribution in [0, 0.1) is 0 Å². The van der Waals surface area contributed by atoms with E-state index in [2.05, 4.69) is 15.3 Å². The Hall–Kier alpha value is -1.89. The molecule has 1 amide bonds. The number of thioether (sulfide) groups is 1. The number of halogens is 2. The summed E-state index contributed by atoms with van der Waals surface area (Å²) >= 11 is 13.5. The predicted octanol–water partition coefficient (Wildman–Crippen LogP) is 5.00. The molecule has 130 valence electrons. The first-order chi connectivity index (χ1) is 12.0. The van der Waals surface area contributed by atoms with Gasteiger partial charge in [-0.2, -0.15) is 0 Å². The third-order valence-electron chi connectivity index (χ3n) is 3.54. The van der Waals surface area contributed by atoms with Gasteiger partial charge in [-0.3, -0.25) is 4.79 Å². The number of aromatic amines is 1. The van der Waals surface area contributed by atoms with Crippen LogP contribution in [0.1, 0.15) is 6.92 Å². The number of benzene rings is 2. The molecule has 5 nitrogen and oxygen atoms in total. The van der Waals surface area contributed by atoms with Crippen molar-refractivity contribution in [3.8, 4) is 5.75 Å². The van der Waals surface area contributed by atoms with Gasteiger partial charge in [0.2, 0.25) is 5.91 Å². The van der Waals surface area contributed by atoms with E-state index in [0.717, 1.165) is 16.8 Å². The number of H-pyrrole nitrogens is 1. The van der Waals surface area contributed by atoms with E-state index in [0.29, 0.717) is 20.9 Å². The topological polar surface area (TPSA) is 67.0 Å². The summed E-state index contributed by atoms with van der Waals surface area (Å²) in [5, 5.41) is 3.81. The summed E-state index contributed by atoms with van der Waals surface area (Å²) in [7, 11) is 1.61. The molecule has 0 saturated carbocycles. The number of para-hydroxylation sites is 1. The molecule has 0 spiro atoms. The molecule has 0 saturated heterocycles. The van der Waals surface area contributed by atoms with E-state index in [-0.39, 0.29) is 5.91 Å². The van der Waals surface area contributed by atoms with Gasteiger partial charge in [-0.15, -0.1) is 0 Å². The number of nitrogens with zero attached hydrogens (tertiary/aromatic N) is 1. The van der Waals surface area contributed by atoms with Crippen LogP contribution in [0.4, 0.5) is 5.69 Å². The van der Waals surface area contributed by atoms with Crippen molar-refractivity contribution < 1.29 is 9.53 Å². The first kappa shape index (κ1) is 17.9. The highest BCUT2D eigenvalue weighted by Crippen LogP contribution is 2.31. The van der Waals surface area contributed by atoms with Crippen LogP contribution in [0.3, 0.4) is 0 Å². The van der Waals surface area contributed by atoms with Gasteiger partial charge in [0.25, 0.3) is 0 Å². The van der Waals surface area contributed by atoms with Gasteiger partial charge < -0.3 is 15.0 Å². The lowest BCUT2D eigenvalue weighted by Gasteiger charge is -2.12. The van der Waals surface area contributed by atoms with Crippen LogP contribution in [0.15, 0.2) is 41.6 Å². The van der Waals surface area contributed by atoms with Crippen molar-refractivity contribution in [1.82, 2.24) is 9.97 Å². The molecule has 0 aliphatic carbocycles. The van der Waals surface area contributed by atoms with Crippen molar-refractivity contribution >= 4 is 57.6 Å². The van der Waals surface area contributed by atoms with Gasteiger partial charge in [0.15, 0.2) is 5.16 Å². The van der Waals surface area contributed by atoms with Crippen molar-refractivity contribution in [1.29, 1.82) is 0 Å². The van der Waals surface area contributed by atoms with Crippen LogP contribution in [-0.2, 0) is 4.79 Å². The molecule has 1 aromatic heterocycles. The number of hydrogen-bond acceptors (Lipinski definition) is 4. The summed E-state index contributed by atoms with van der Waals surface area (Å²) in [6.45, 7) is 1.79. The van der Waals surface area contributed by atoms with Crippen LogP contribution < -0.4 is 10.1 Å². The summed E-state index contributed by atoms with van der Waals surface area (Å²) in [5.74, 6) is 0.532. The second kappa shape index (κ2) is 7.56. The summed E-state index contributed by atoms with van der Waals surface area (Å²) in [6, 6.07) is 10.6. The van der Waals surface area contributed by atoms with Gasteiger partial charge in [0.1, 0.15) is 5.75 Å². The van der Waals surface area contributed by atoms with Gasteiger partial charge >= 0.3 is 0 Å². The Balaban J connectivity index is 1.73. The van der Waals surface area contributed by atoms with Crippen molar-refractivity contribution in [2.75, 3.05) is 12.4 Å². The first-order valence-corrected chi connectivity index (χ1v) is 9.07. The van der Waals surface area contributed by atoms with Crippen molar-refractivity contribution in [2.45, 2.75) is 17.3 Å². The average Bonchev–Trinajstić information content (AvgIpc) is 2.99. The van der Waals surface area contributed by atoms with E-state index in [9.17, 15) is 4.79 Å². The SMILES string of the molecule is COc1ccc2nc(SC(C)C(=O)Nc3c(Cl)cccc3Cl)[nH]c2c1. The number of hydrogen-bond donors (Lipinski definition) is 2. The largest absolute Gasteiger partial charge is 0.497 e. The Morgan fingerprint density at radius 3 is 2.68 bits per heavy atom. The Morgan fingerprint density at radius 2 is 2.00 bits per heavy atom. The molecule has 25 heavy (non-hydrogen) atoms. The smallest absolute Gasteiger partial charge is 0.237 e. The lowest BCUT2D eigenvalue weighted by Crippen LogP contribution is -2.22. The quantitative estimate of drug-likeness (QED) is 0.596. The molecule has 1 heterocycles. The highest BCUT2D eigenvalue weighted by atomic mass is 35.5. The third-order valence-corrected chi connectivity index (χ3v) is 5.15. The van der Waals surface area contributed by atoms with Gasteiger partial charge in [0.05, 0.1) is 39.1 Å². The molecule has 0 aliphatic heterocycles. The number of aromatic nitrogens is 2. The van der Waals surface area contributed by atoms with E-state index >= 15 is 0 Å². The second-order valence-electron chi connectivity index (χ2n) is 5.27. The minimum atomic E-state index is -0.394. The monoisotopic (exact) mass is 395 g/mol. The molecular weight excluding hydrogens is 381 g/mol. The third kappa shape index (κ3) is 4.03. The summed E-state index contributed by atoms with van der Waals surface area (Å²) in [5.41, 5.74) is 2.08. The summed E-state index contributed by atoms with van der Waals surface area (Å²) < 4.78 is 5.20. The van der Waals surface area contributed by atoms with Crippen LogP contribution in [0.2, 0.25) is 10.0 Å². The van der Waals surface area contributed by atoms with Crippen molar-refractivity contribution in [2.24, 2.45) is 0 Å². The Labute approximate surface area is 159 Å². The van der Waals surface area contributed by atoms with E-state index in [1.54, 1.807) is 32.2 Å². The van der Waals surface area contributed by atoms with Gasteiger partial charge in [-0.05, 0) is 31.2 Å². The van der Waals surface area contributed by atoms with Crippen LogP contribution >= 0.6 is 35.0 Å². The normalized spacial score (nSPS) is 12.2. The zero-order chi connectivity index (χ0) is 18.0. The molecule has 3 aromatic rings. The number of anilines is 1. The highest BCUT2D eigenvalue weighted by molar-refractivity contribution is 8.00. The number of amides is 1. The molecule has 2 aromatic carbocycles. The fourth-order valence-corrected chi connectivity index (χ4v) is 3.52. The number of nitrogens with one attached hydrogen (secondary N) is 2. The molecule has 8 heteroatoms. The number of fused-ring (bicyclic) bond motifs is 1. The number of carbonyl (C=O) groups excluding carboxylic acids is 1. The summed E-state index contributed by atoms with van der Waals surface area (Å²) in [6.07, 6.45) is 0. The van der Waals surface area contributed by atoms with E-state index < -0.39 is 5.25 Å². The fourth-order valence-electron chi connectivity index (χ4n) is 2.21. The number of methoxy groups -OCH3 is 1. The molecule has 2 N–H and O–H groups in total. The number of carbonyl (C=O) groups is 1. The molecule has 3 rings (SSSR count). The highest BCUT2D eigenvalue weighted by Gasteiger charge is 2.19. The average molecular weight is 396 g/mol. The number of ether oxygens (including phenoxy) is 1. The molecule has 1 unspecified atom stereocenters. The molecule has 0 aliphatic rings.